The van der Waals surface area contributed by atoms with E-state index in [1.54, 1.807) is 4.90 Å². The Morgan fingerprint density at radius 3 is 2.55 bits per heavy atom. The van der Waals surface area contributed by atoms with Crippen LogP contribution in [0.3, 0.4) is 0 Å². The maximum Gasteiger partial charge on any atom is 0.326 e. The number of aliphatic hydroxyl groups excluding tert-OH is 1. The van der Waals surface area contributed by atoms with Crippen LogP contribution >= 0.6 is 0 Å². The molecule has 1 heterocycles. The summed E-state index contributed by atoms with van der Waals surface area (Å²) in [4.78, 5) is 26.8. The summed E-state index contributed by atoms with van der Waals surface area (Å²) < 4.78 is 0. The number of rotatable bonds is 6. The van der Waals surface area contributed by atoms with Crippen molar-refractivity contribution in [1.82, 2.24) is 9.80 Å². The van der Waals surface area contributed by atoms with Gasteiger partial charge in [0.25, 0.3) is 0 Å². The molecule has 1 unspecified atom stereocenters. The molecule has 6 heteroatoms. The third-order valence-corrected chi connectivity index (χ3v) is 3.93. The average molecular weight is 286 g/mol. The molecule has 0 aromatic rings. The Kier molecular flexibility index (Phi) is 6.26. The van der Waals surface area contributed by atoms with Gasteiger partial charge < -0.3 is 20.0 Å². The monoisotopic (exact) mass is 286 g/mol. The predicted octanol–water partition coefficient (Wildman–Crippen LogP) is 1.53. The van der Waals surface area contributed by atoms with Gasteiger partial charge in [-0.15, -0.1) is 0 Å². The van der Waals surface area contributed by atoms with E-state index >= 15 is 0 Å². The highest BCUT2D eigenvalue weighted by Gasteiger charge is 2.41. The van der Waals surface area contributed by atoms with Crippen molar-refractivity contribution < 1.29 is 19.8 Å². The summed E-state index contributed by atoms with van der Waals surface area (Å²) in [6, 6.07) is -1.11. The highest BCUT2D eigenvalue weighted by molar-refractivity contribution is 5.83. The van der Waals surface area contributed by atoms with E-state index < -0.39 is 18.1 Å². The van der Waals surface area contributed by atoms with Crippen LogP contribution in [0.5, 0.6) is 0 Å². The van der Waals surface area contributed by atoms with Crippen molar-refractivity contribution >= 4 is 12.0 Å². The number of aliphatic carboxylic acids is 1. The molecule has 3 atom stereocenters. The Balaban J connectivity index is 2.84. The van der Waals surface area contributed by atoms with Crippen LogP contribution in [0.25, 0.3) is 0 Å². The van der Waals surface area contributed by atoms with Crippen molar-refractivity contribution in [2.75, 3.05) is 13.1 Å². The van der Waals surface area contributed by atoms with Gasteiger partial charge in [-0.05, 0) is 19.8 Å². The number of nitrogens with zero attached hydrogens (tertiary/aromatic N) is 2. The second-order valence-electron chi connectivity index (χ2n) is 5.48. The summed E-state index contributed by atoms with van der Waals surface area (Å²) in [5.74, 6) is -1.05. The molecule has 2 N–H and O–H groups in total. The second kappa shape index (κ2) is 7.47. The van der Waals surface area contributed by atoms with Crippen LogP contribution in [0.1, 0.15) is 46.5 Å². The number of carboxylic acids is 1. The van der Waals surface area contributed by atoms with Crippen molar-refractivity contribution in [2.45, 2.75) is 64.6 Å². The first-order chi connectivity index (χ1) is 9.42. The molecule has 6 nitrogen and oxygen atoms in total. The Morgan fingerprint density at radius 1 is 1.40 bits per heavy atom. The molecule has 1 aliphatic heterocycles. The minimum Gasteiger partial charge on any atom is -0.480 e. The molecule has 0 saturated carbocycles. The smallest absolute Gasteiger partial charge is 0.326 e. The van der Waals surface area contributed by atoms with Crippen LogP contribution in [0.2, 0.25) is 0 Å². The maximum absolute atomic E-state index is 12.6. The summed E-state index contributed by atoms with van der Waals surface area (Å²) in [5, 5.41) is 18.8. The molecule has 0 spiro atoms. The van der Waals surface area contributed by atoms with Crippen LogP contribution in [0, 0.1) is 0 Å². The van der Waals surface area contributed by atoms with Crippen molar-refractivity contribution in [3.05, 3.63) is 0 Å². The fraction of sp³-hybridized carbons (Fsp3) is 0.857. The van der Waals surface area contributed by atoms with Crippen LogP contribution in [0.15, 0.2) is 0 Å². The number of carboxylic acid groups (broad SMARTS) is 1. The van der Waals surface area contributed by atoms with E-state index in [0.717, 1.165) is 19.3 Å². The largest absolute Gasteiger partial charge is 0.480 e. The van der Waals surface area contributed by atoms with Crippen molar-refractivity contribution in [2.24, 2.45) is 0 Å². The quantitative estimate of drug-likeness (QED) is 0.776. The Labute approximate surface area is 120 Å². The molecule has 0 aliphatic carbocycles. The van der Waals surface area contributed by atoms with E-state index in [1.165, 1.54) is 4.90 Å². The van der Waals surface area contributed by atoms with Gasteiger partial charge in [-0.1, -0.05) is 20.3 Å². The van der Waals surface area contributed by atoms with Gasteiger partial charge in [-0.3, -0.25) is 0 Å². The number of hydrogen-bond donors (Lipinski definition) is 2. The summed E-state index contributed by atoms with van der Waals surface area (Å²) >= 11 is 0. The Hall–Kier alpha value is -1.30. The fourth-order valence-corrected chi connectivity index (χ4v) is 2.48. The highest BCUT2D eigenvalue weighted by atomic mass is 16.4. The Bertz CT molecular complexity index is 348. The van der Waals surface area contributed by atoms with E-state index in [2.05, 4.69) is 6.92 Å². The van der Waals surface area contributed by atoms with Gasteiger partial charge in [-0.2, -0.15) is 0 Å². The number of amides is 2. The lowest BCUT2D eigenvalue weighted by molar-refractivity contribution is -0.141. The van der Waals surface area contributed by atoms with Crippen LogP contribution in [-0.4, -0.2) is 63.3 Å². The van der Waals surface area contributed by atoms with Crippen molar-refractivity contribution in [1.29, 1.82) is 0 Å². The zero-order valence-corrected chi connectivity index (χ0v) is 12.6. The fourth-order valence-electron chi connectivity index (χ4n) is 2.48. The van der Waals surface area contributed by atoms with Gasteiger partial charge in [0.1, 0.15) is 6.04 Å². The number of carbonyl (C=O) groups is 2. The molecule has 0 bridgehead atoms. The Morgan fingerprint density at radius 2 is 2.05 bits per heavy atom. The topological polar surface area (TPSA) is 81.1 Å². The third kappa shape index (κ3) is 3.85. The standard InChI is InChI=1S/C14H26N2O4/c1-4-6-7-15(10(3)5-2)14(20)16-9-11(17)8-12(16)13(18)19/h10-12,17H,4-9H2,1-3H3,(H,18,19)/t10?,11-,12-/m0/s1. The minimum absolute atomic E-state index is 0.0706. The number of β-amino-alcohol motifs (C(OH)–C–C–N with tert-alkyl or cyclic N) is 1. The van der Waals surface area contributed by atoms with Gasteiger partial charge in [0.05, 0.1) is 6.10 Å². The minimum atomic E-state index is -1.05. The van der Waals surface area contributed by atoms with E-state index in [0.29, 0.717) is 6.54 Å². The van der Waals surface area contributed by atoms with E-state index in [9.17, 15) is 19.8 Å². The van der Waals surface area contributed by atoms with E-state index in [-0.39, 0.29) is 25.0 Å². The zero-order chi connectivity index (χ0) is 15.3. The summed E-state index contributed by atoms with van der Waals surface area (Å²) in [7, 11) is 0. The molecule has 20 heavy (non-hydrogen) atoms. The number of urea groups is 1. The molecule has 1 aliphatic rings. The second-order valence-corrected chi connectivity index (χ2v) is 5.48. The molecular weight excluding hydrogens is 260 g/mol. The average Bonchev–Trinajstić information content (AvgIpc) is 2.80. The number of carbonyl (C=O) groups excluding carboxylic acids is 1. The first-order valence-corrected chi connectivity index (χ1v) is 7.40. The first kappa shape index (κ1) is 16.8. The van der Waals surface area contributed by atoms with Crippen molar-refractivity contribution in [3.63, 3.8) is 0 Å². The molecule has 0 aromatic heterocycles. The number of aliphatic hydroxyl groups is 1. The van der Waals surface area contributed by atoms with Crippen LogP contribution in [0.4, 0.5) is 4.79 Å². The van der Waals surface area contributed by atoms with Gasteiger partial charge in [0.15, 0.2) is 0 Å². The summed E-state index contributed by atoms with van der Waals surface area (Å²) in [6.45, 7) is 6.76. The summed E-state index contributed by atoms with van der Waals surface area (Å²) in [6.07, 6.45) is 2.06. The number of likely N-dealkylation sites (tertiary alicyclic amines) is 1. The molecule has 1 fully saturated rings. The summed E-state index contributed by atoms with van der Waals surface area (Å²) in [5.41, 5.74) is 0. The SMILES string of the molecule is CCCCN(C(=O)N1C[C@@H](O)C[C@H]1C(=O)O)C(C)CC. The van der Waals surface area contributed by atoms with Crippen LogP contribution < -0.4 is 0 Å². The lowest BCUT2D eigenvalue weighted by Gasteiger charge is -2.34. The number of hydrogen-bond acceptors (Lipinski definition) is 3. The molecular formula is C14H26N2O4. The first-order valence-electron chi connectivity index (χ1n) is 7.40. The number of unbranched alkanes of at least 4 members (excludes halogenated alkanes) is 1. The van der Waals surface area contributed by atoms with Crippen LogP contribution in [-0.2, 0) is 4.79 Å². The molecule has 0 radical (unpaired) electrons. The van der Waals surface area contributed by atoms with Gasteiger partial charge in [0, 0.05) is 25.6 Å². The zero-order valence-electron chi connectivity index (χ0n) is 12.6. The molecule has 1 saturated heterocycles. The lowest BCUT2D eigenvalue weighted by Crippen LogP contribution is -2.51. The van der Waals surface area contributed by atoms with Crippen molar-refractivity contribution in [3.8, 4) is 0 Å². The molecule has 0 aromatic carbocycles. The lowest BCUT2D eigenvalue weighted by atomic mass is 10.2. The van der Waals surface area contributed by atoms with E-state index in [4.69, 9.17) is 0 Å². The maximum atomic E-state index is 12.6. The van der Waals surface area contributed by atoms with E-state index in [1.807, 2.05) is 13.8 Å². The molecule has 116 valence electrons. The molecule has 2 amide bonds. The molecule has 1 rings (SSSR count). The van der Waals surface area contributed by atoms with Gasteiger partial charge in [0.2, 0.25) is 0 Å². The third-order valence-electron chi connectivity index (χ3n) is 3.93. The predicted molar refractivity (Wildman–Crippen MR) is 75.5 cm³/mol. The van der Waals surface area contributed by atoms with Gasteiger partial charge >= 0.3 is 12.0 Å². The normalized spacial score (nSPS) is 23.7. The highest BCUT2D eigenvalue weighted by Crippen LogP contribution is 2.21. The van der Waals surface area contributed by atoms with Gasteiger partial charge in [-0.25, -0.2) is 9.59 Å².